The summed E-state index contributed by atoms with van der Waals surface area (Å²) >= 11 is 0. The smallest absolute Gasteiger partial charge is 0.133 e. The molecule has 0 spiro atoms. The van der Waals surface area contributed by atoms with Crippen molar-refractivity contribution >= 4 is 12.0 Å². The minimum Gasteiger partial charge on any atom is -0.497 e. The molecule has 0 amide bonds. The zero-order valence-electron chi connectivity index (χ0n) is 10.6. The molecule has 0 bridgehead atoms. The van der Waals surface area contributed by atoms with Gasteiger partial charge in [-0.1, -0.05) is 12.7 Å². The maximum atomic E-state index is 5.14. The predicted octanol–water partition coefficient (Wildman–Crippen LogP) is 3.89. The third-order valence-electron chi connectivity index (χ3n) is 2.70. The van der Waals surface area contributed by atoms with Crippen molar-refractivity contribution in [3.05, 3.63) is 48.6 Å². The van der Waals surface area contributed by atoms with Crippen LogP contribution in [0.3, 0.4) is 0 Å². The van der Waals surface area contributed by atoms with Crippen LogP contribution in [-0.2, 0) is 0 Å². The van der Waals surface area contributed by atoms with Gasteiger partial charge in [-0.15, -0.1) is 0 Å². The molecule has 0 atom stereocenters. The molecule has 0 radical (unpaired) electrons. The summed E-state index contributed by atoms with van der Waals surface area (Å²) in [6, 6.07) is 10.0. The van der Waals surface area contributed by atoms with Crippen LogP contribution in [0.2, 0.25) is 0 Å². The minimum absolute atomic E-state index is 0.854. The molecule has 0 unspecified atom stereocenters. The number of rotatable bonds is 4. The fourth-order valence-corrected chi connectivity index (χ4v) is 1.73. The second-order valence-corrected chi connectivity index (χ2v) is 3.96. The summed E-state index contributed by atoms with van der Waals surface area (Å²) < 4.78 is 5.14. The van der Waals surface area contributed by atoms with Crippen molar-refractivity contribution in [1.82, 2.24) is 4.98 Å². The number of aromatic amines is 1. The van der Waals surface area contributed by atoms with Crippen LogP contribution in [0.5, 0.6) is 5.75 Å². The lowest BCUT2D eigenvalue weighted by Gasteiger charge is -2.01. The molecule has 0 saturated carbocycles. The molecule has 1 N–H and O–H groups in total. The van der Waals surface area contributed by atoms with Gasteiger partial charge in [0.2, 0.25) is 0 Å². The van der Waals surface area contributed by atoms with E-state index in [0.29, 0.717) is 0 Å². The molecule has 1 aromatic carbocycles. The Morgan fingerprint density at radius 3 is 2.61 bits per heavy atom. The number of nitrogens with zero attached hydrogens (tertiary/aromatic N) is 1. The first-order valence-electron chi connectivity index (χ1n) is 5.73. The van der Waals surface area contributed by atoms with Gasteiger partial charge in [0.05, 0.1) is 7.11 Å². The molecule has 0 aliphatic carbocycles. The Bertz CT molecular complexity index is 565. The summed E-state index contributed by atoms with van der Waals surface area (Å²) in [4.78, 5) is 7.56. The Kier molecular flexibility index (Phi) is 3.63. The molecule has 2 rings (SSSR count). The minimum atomic E-state index is 0.854. The molecule has 0 saturated heterocycles. The zero-order chi connectivity index (χ0) is 13.0. The molecule has 0 aliphatic rings. The SMILES string of the molecule is C=CC=Nc1[nH]c(-c2ccc(OC)cc2)cc1C. The first kappa shape index (κ1) is 12.2. The van der Waals surface area contributed by atoms with E-state index in [1.165, 1.54) is 0 Å². The number of allylic oxidation sites excluding steroid dienone is 1. The Morgan fingerprint density at radius 2 is 2.00 bits per heavy atom. The summed E-state index contributed by atoms with van der Waals surface area (Å²) in [6.07, 6.45) is 3.34. The number of nitrogens with one attached hydrogen (secondary N) is 1. The molecule has 1 heterocycles. The first-order valence-corrected chi connectivity index (χ1v) is 5.73. The quantitative estimate of drug-likeness (QED) is 0.809. The van der Waals surface area contributed by atoms with E-state index < -0.39 is 0 Å². The van der Waals surface area contributed by atoms with Crippen LogP contribution in [0.4, 0.5) is 5.82 Å². The molecule has 3 nitrogen and oxygen atoms in total. The molecular formula is C15H16N2O. The van der Waals surface area contributed by atoms with E-state index in [1.54, 1.807) is 19.4 Å². The summed E-state index contributed by atoms with van der Waals surface area (Å²) in [5.74, 6) is 1.72. The van der Waals surface area contributed by atoms with Crippen LogP contribution in [0.1, 0.15) is 5.56 Å². The van der Waals surface area contributed by atoms with Crippen LogP contribution < -0.4 is 4.74 Å². The second-order valence-electron chi connectivity index (χ2n) is 3.96. The van der Waals surface area contributed by atoms with Gasteiger partial charge in [-0.05, 0) is 48.4 Å². The van der Waals surface area contributed by atoms with E-state index in [0.717, 1.165) is 28.4 Å². The van der Waals surface area contributed by atoms with Gasteiger partial charge in [0, 0.05) is 11.9 Å². The van der Waals surface area contributed by atoms with Crippen molar-refractivity contribution in [2.45, 2.75) is 6.92 Å². The highest BCUT2D eigenvalue weighted by atomic mass is 16.5. The lowest BCUT2D eigenvalue weighted by molar-refractivity contribution is 0.415. The number of aryl methyl sites for hydroxylation is 1. The van der Waals surface area contributed by atoms with Crippen molar-refractivity contribution in [3.63, 3.8) is 0 Å². The molecule has 1 aromatic heterocycles. The van der Waals surface area contributed by atoms with E-state index in [-0.39, 0.29) is 0 Å². The van der Waals surface area contributed by atoms with Crippen molar-refractivity contribution < 1.29 is 4.74 Å². The summed E-state index contributed by atoms with van der Waals surface area (Å²) in [5.41, 5.74) is 3.27. The first-order chi connectivity index (χ1) is 8.74. The molecule has 18 heavy (non-hydrogen) atoms. The Labute approximate surface area is 107 Å². The van der Waals surface area contributed by atoms with Gasteiger partial charge in [-0.2, -0.15) is 0 Å². The monoisotopic (exact) mass is 240 g/mol. The van der Waals surface area contributed by atoms with Crippen molar-refractivity contribution in [3.8, 4) is 17.0 Å². The van der Waals surface area contributed by atoms with Crippen LogP contribution in [0, 0.1) is 6.92 Å². The molecule has 3 heteroatoms. The van der Waals surface area contributed by atoms with Gasteiger partial charge in [-0.3, -0.25) is 0 Å². The van der Waals surface area contributed by atoms with E-state index in [1.807, 2.05) is 31.2 Å². The molecule has 0 aliphatic heterocycles. The van der Waals surface area contributed by atoms with E-state index in [4.69, 9.17) is 4.74 Å². The average Bonchev–Trinajstić information content (AvgIpc) is 2.78. The standard InChI is InChI=1S/C15H16N2O/c1-4-9-16-15-11(2)10-14(17-15)12-5-7-13(18-3)8-6-12/h4-10,17H,1H2,2-3H3. The third-order valence-corrected chi connectivity index (χ3v) is 2.70. The Morgan fingerprint density at radius 1 is 1.28 bits per heavy atom. The highest BCUT2D eigenvalue weighted by Gasteiger charge is 2.05. The van der Waals surface area contributed by atoms with Crippen molar-refractivity contribution in [1.29, 1.82) is 0 Å². The average molecular weight is 240 g/mol. The maximum Gasteiger partial charge on any atom is 0.133 e. The zero-order valence-corrected chi connectivity index (χ0v) is 10.6. The van der Waals surface area contributed by atoms with Crippen molar-refractivity contribution in [2.24, 2.45) is 4.99 Å². The molecule has 0 fully saturated rings. The second kappa shape index (κ2) is 5.36. The number of hydrogen-bond acceptors (Lipinski definition) is 2. The summed E-state index contributed by atoms with van der Waals surface area (Å²) in [5, 5.41) is 0. The van der Waals surface area contributed by atoms with Gasteiger partial charge in [-0.25, -0.2) is 4.99 Å². The van der Waals surface area contributed by atoms with E-state index in [2.05, 4.69) is 22.6 Å². The third kappa shape index (κ3) is 2.51. The fraction of sp³-hybridized carbons (Fsp3) is 0.133. The largest absolute Gasteiger partial charge is 0.497 e. The number of methoxy groups -OCH3 is 1. The molecule has 2 aromatic rings. The van der Waals surface area contributed by atoms with Crippen LogP contribution in [0.15, 0.2) is 48.0 Å². The van der Waals surface area contributed by atoms with Crippen molar-refractivity contribution in [2.75, 3.05) is 7.11 Å². The Balaban J connectivity index is 2.32. The number of ether oxygens (including phenoxy) is 1. The van der Waals surface area contributed by atoms with Gasteiger partial charge >= 0.3 is 0 Å². The number of H-pyrrole nitrogens is 1. The van der Waals surface area contributed by atoms with Crippen LogP contribution in [-0.4, -0.2) is 18.3 Å². The summed E-state index contributed by atoms with van der Waals surface area (Å²) in [6.45, 7) is 5.64. The topological polar surface area (TPSA) is 37.4 Å². The number of aliphatic imine (C=N–C) groups is 1. The van der Waals surface area contributed by atoms with Gasteiger partial charge in [0.1, 0.15) is 11.6 Å². The van der Waals surface area contributed by atoms with Gasteiger partial charge in [0.15, 0.2) is 0 Å². The van der Waals surface area contributed by atoms with E-state index >= 15 is 0 Å². The Hall–Kier alpha value is -2.29. The molecule has 92 valence electrons. The summed E-state index contributed by atoms with van der Waals surface area (Å²) in [7, 11) is 1.66. The lowest BCUT2D eigenvalue weighted by atomic mass is 10.1. The molecular weight excluding hydrogens is 224 g/mol. The van der Waals surface area contributed by atoms with Gasteiger partial charge < -0.3 is 9.72 Å². The normalized spacial score (nSPS) is 10.8. The van der Waals surface area contributed by atoms with Gasteiger partial charge in [0.25, 0.3) is 0 Å². The predicted molar refractivity (Wildman–Crippen MR) is 75.9 cm³/mol. The lowest BCUT2D eigenvalue weighted by Crippen LogP contribution is -1.82. The fourth-order valence-electron chi connectivity index (χ4n) is 1.73. The van der Waals surface area contributed by atoms with Crippen LogP contribution >= 0.6 is 0 Å². The number of benzene rings is 1. The van der Waals surface area contributed by atoms with E-state index in [9.17, 15) is 0 Å². The number of aromatic nitrogens is 1. The van der Waals surface area contributed by atoms with Crippen LogP contribution in [0.25, 0.3) is 11.3 Å². The number of hydrogen-bond donors (Lipinski definition) is 1. The highest BCUT2D eigenvalue weighted by Crippen LogP contribution is 2.27. The highest BCUT2D eigenvalue weighted by molar-refractivity contribution is 5.75. The maximum absolute atomic E-state index is 5.14.